The second-order valence-electron chi connectivity index (χ2n) is 3.38. The predicted molar refractivity (Wildman–Crippen MR) is 62.3 cm³/mol. The molecule has 1 aromatic rings. The van der Waals surface area contributed by atoms with E-state index in [-0.39, 0.29) is 22.9 Å². The van der Waals surface area contributed by atoms with E-state index in [2.05, 4.69) is 0 Å². The van der Waals surface area contributed by atoms with Crippen LogP contribution in [0.25, 0.3) is 0 Å². The quantitative estimate of drug-likeness (QED) is 0.811. The summed E-state index contributed by atoms with van der Waals surface area (Å²) in [6, 6.07) is 6.63. The second kappa shape index (κ2) is 6.10. The molecule has 15 heavy (non-hydrogen) atoms. The molecule has 0 spiro atoms. The van der Waals surface area contributed by atoms with Gasteiger partial charge in [0, 0.05) is 22.6 Å². The number of thioether (sulfide) groups is 1. The molecule has 4 heteroatoms. The van der Waals surface area contributed by atoms with Gasteiger partial charge in [-0.15, -0.1) is 11.8 Å². The Bertz CT molecular complexity index is 308. The smallest absolute Gasteiger partial charge is 0.127 e. The van der Waals surface area contributed by atoms with E-state index in [4.69, 9.17) is 10.8 Å². The van der Waals surface area contributed by atoms with Gasteiger partial charge in [-0.1, -0.05) is 25.1 Å². The lowest BCUT2D eigenvalue weighted by Crippen LogP contribution is -2.15. The fourth-order valence-corrected chi connectivity index (χ4v) is 2.41. The number of hydrogen-bond donors (Lipinski definition) is 2. The fraction of sp³-hybridized carbons (Fsp3) is 0.455. The van der Waals surface area contributed by atoms with E-state index in [0.29, 0.717) is 12.1 Å². The van der Waals surface area contributed by atoms with Crippen molar-refractivity contribution in [2.75, 3.05) is 13.2 Å². The Morgan fingerprint density at radius 2 is 2.13 bits per heavy atom. The molecule has 84 valence electrons. The van der Waals surface area contributed by atoms with E-state index < -0.39 is 0 Å². The third kappa shape index (κ3) is 3.48. The van der Waals surface area contributed by atoms with Crippen LogP contribution in [0.4, 0.5) is 4.39 Å². The highest BCUT2D eigenvalue weighted by Crippen LogP contribution is 2.32. The van der Waals surface area contributed by atoms with Gasteiger partial charge in [-0.2, -0.15) is 0 Å². The van der Waals surface area contributed by atoms with Gasteiger partial charge in [-0.25, -0.2) is 4.39 Å². The number of aliphatic hydroxyl groups is 1. The molecule has 0 saturated carbocycles. The highest BCUT2D eigenvalue weighted by molar-refractivity contribution is 8.00. The Balaban J connectivity index is 2.78. The van der Waals surface area contributed by atoms with Crippen molar-refractivity contribution < 1.29 is 9.50 Å². The maximum absolute atomic E-state index is 13.4. The molecular formula is C11H16FNOS. The van der Waals surface area contributed by atoms with Gasteiger partial charge in [0.05, 0.1) is 6.61 Å². The van der Waals surface area contributed by atoms with E-state index in [1.54, 1.807) is 18.2 Å². The first-order chi connectivity index (χ1) is 7.19. The van der Waals surface area contributed by atoms with Crippen molar-refractivity contribution >= 4 is 11.8 Å². The standard InChI is InChI=1S/C11H16FNOS/c1-8(7-14)15-11(6-13)9-4-2-3-5-10(9)12/h2-5,8,11,14H,6-7,13H2,1H3. The summed E-state index contributed by atoms with van der Waals surface area (Å²) in [7, 11) is 0. The monoisotopic (exact) mass is 229 g/mol. The van der Waals surface area contributed by atoms with Gasteiger partial charge < -0.3 is 10.8 Å². The average molecular weight is 229 g/mol. The summed E-state index contributed by atoms with van der Waals surface area (Å²) in [5.74, 6) is -0.231. The van der Waals surface area contributed by atoms with Crippen LogP contribution in [0.1, 0.15) is 17.7 Å². The van der Waals surface area contributed by atoms with Crippen LogP contribution >= 0.6 is 11.8 Å². The summed E-state index contributed by atoms with van der Waals surface area (Å²) in [5, 5.41) is 8.92. The van der Waals surface area contributed by atoms with Crippen LogP contribution in [0.2, 0.25) is 0 Å². The van der Waals surface area contributed by atoms with Gasteiger partial charge in [-0.05, 0) is 6.07 Å². The first kappa shape index (κ1) is 12.5. The molecule has 1 rings (SSSR count). The summed E-state index contributed by atoms with van der Waals surface area (Å²) in [4.78, 5) is 0. The van der Waals surface area contributed by atoms with Gasteiger partial charge in [0.15, 0.2) is 0 Å². The van der Waals surface area contributed by atoms with Crippen LogP contribution in [0, 0.1) is 5.82 Å². The minimum Gasteiger partial charge on any atom is -0.395 e. The van der Waals surface area contributed by atoms with Crippen molar-refractivity contribution in [1.29, 1.82) is 0 Å². The highest BCUT2D eigenvalue weighted by Gasteiger charge is 2.16. The molecule has 0 aromatic heterocycles. The summed E-state index contributed by atoms with van der Waals surface area (Å²) in [6.45, 7) is 2.35. The molecule has 0 amide bonds. The van der Waals surface area contributed by atoms with Crippen molar-refractivity contribution in [2.24, 2.45) is 5.73 Å². The van der Waals surface area contributed by atoms with Crippen molar-refractivity contribution in [2.45, 2.75) is 17.4 Å². The minimum atomic E-state index is -0.231. The molecule has 0 aliphatic heterocycles. The Morgan fingerprint density at radius 3 is 2.67 bits per heavy atom. The zero-order valence-electron chi connectivity index (χ0n) is 8.69. The van der Waals surface area contributed by atoms with Gasteiger partial charge in [0.2, 0.25) is 0 Å². The summed E-state index contributed by atoms with van der Waals surface area (Å²) >= 11 is 1.50. The number of benzene rings is 1. The molecule has 0 radical (unpaired) electrons. The van der Waals surface area contributed by atoms with Gasteiger partial charge in [-0.3, -0.25) is 0 Å². The third-order valence-electron chi connectivity index (χ3n) is 2.12. The van der Waals surface area contributed by atoms with Crippen LogP contribution in [0.15, 0.2) is 24.3 Å². The highest BCUT2D eigenvalue weighted by atomic mass is 32.2. The Hall–Kier alpha value is -0.580. The van der Waals surface area contributed by atoms with Gasteiger partial charge >= 0.3 is 0 Å². The molecule has 0 aliphatic carbocycles. The fourth-order valence-electron chi connectivity index (χ4n) is 1.32. The minimum absolute atomic E-state index is 0.0677. The molecular weight excluding hydrogens is 213 g/mol. The molecule has 0 saturated heterocycles. The lowest BCUT2D eigenvalue weighted by Gasteiger charge is -2.18. The lowest BCUT2D eigenvalue weighted by atomic mass is 10.1. The first-order valence-corrected chi connectivity index (χ1v) is 5.84. The van der Waals surface area contributed by atoms with Crippen LogP contribution in [-0.2, 0) is 0 Å². The third-order valence-corrected chi connectivity index (χ3v) is 3.51. The van der Waals surface area contributed by atoms with Gasteiger partial charge in [0.1, 0.15) is 5.82 Å². The Kier molecular flexibility index (Phi) is 5.08. The molecule has 0 fully saturated rings. The van der Waals surface area contributed by atoms with Crippen molar-refractivity contribution in [3.8, 4) is 0 Å². The number of rotatable bonds is 5. The summed E-state index contributed by atoms with van der Waals surface area (Å²) < 4.78 is 13.4. The van der Waals surface area contributed by atoms with E-state index in [1.165, 1.54) is 17.8 Å². The summed E-state index contributed by atoms with van der Waals surface area (Å²) in [5.41, 5.74) is 6.22. The van der Waals surface area contributed by atoms with E-state index in [1.807, 2.05) is 6.92 Å². The second-order valence-corrected chi connectivity index (χ2v) is 5.02. The number of aliphatic hydroxyl groups excluding tert-OH is 1. The topological polar surface area (TPSA) is 46.2 Å². The van der Waals surface area contributed by atoms with Crippen LogP contribution < -0.4 is 5.73 Å². The SMILES string of the molecule is CC(CO)SC(CN)c1ccccc1F. The molecule has 0 heterocycles. The Labute approximate surface area is 93.7 Å². The van der Waals surface area contributed by atoms with Crippen molar-refractivity contribution in [3.05, 3.63) is 35.6 Å². The van der Waals surface area contributed by atoms with Crippen LogP contribution in [0.3, 0.4) is 0 Å². The van der Waals surface area contributed by atoms with Crippen LogP contribution in [0.5, 0.6) is 0 Å². The molecule has 3 N–H and O–H groups in total. The largest absolute Gasteiger partial charge is 0.395 e. The van der Waals surface area contributed by atoms with E-state index >= 15 is 0 Å². The number of hydrogen-bond acceptors (Lipinski definition) is 3. The molecule has 1 aromatic carbocycles. The predicted octanol–water partition coefficient (Wildman–Crippen LogP) is 1.94. The molecule has 2 atom stereocenters. The van der Waals surface area contributed by atoms with Crippen molar-refractivity contribution in [3.63, 3.8) is 0 Å². The average Bonchev–Trinajstić information content (AvgIpc) is 2.26. The summed E-state index contributed by atoms with van der Waals surface area (Å²) in [6.07, 6.45) is 0. The lowest BCUT2D eigenvalue weighted by molar-refractivity contribution is 0.299. The molecule has 2 nitrogen and oxygen atoms in total. The van der Waals surface area contributed by atoms with Crippen LogP contribution in [-0.4, -0.2) is 23.5 Å². The Morgan fingerprint density at radius 1 is 1.47 bits per heavy atom. The van der Waals surface area contributed by atoms with E-state index in [0.717, 1.165) is 0 Å². The van der Waals surface area contributed by atoms with Crippen molar-refractivity contribution in [1.82, 2.24) is 0 Å². The maximum Gasteiger partial charge on any atom is 0.127 e. The zero-order valence-corrected chi connectivity index (χ0v) is 9.51. The molecule has 0 bridgehead atoms. The molecule has 2 unspecified atom stereocenters. The van der Waals surface area contributed by atoms with E-state index in [9.17, 15) is 4.39 Å². The first-order valence-electron chi connectivity index (χ1n) is 4.89. The van der Waals surface area contributed by atoms with Gasteiger partial charge in [0.25, 0.3) is 0 Å². The zero-order chi connectivity index (χ0) is 11.3. The maximum atomic E-state index is 13.4. The number of nitrogens with two attached hydrogens (primary N) is 1. The normalized spacial score (nSPS) is 14.9. The molecule has 0 aliphatic rings. The number of halogens is 1.